The third-order valence-electron chi connectivity index (χ3n) is 2.14. The van der Waals surface area contributed by atoms with Crippen LogP contribution in [0, 0.1) is 0 Å². The van der Waals surface area contributed by atoms with Crippen LogP contribution in [-0.4, -0.2) is 64.3 Å². The molecule has 0 aliphatic heterocycles. The first-order valence-corrected chi connectivity index (χ1v) is 6.00. The molecule has 98 valence electrons. The summed E-state index contributed by atoms with van der Waals surface area (Å²) in [6.45, 7) is 6.34. The Morgan fingerprint density at radius 3 is 2.44 bits per heavy atom. The van der Waals surface area contributed by atoms with E-state index in [1.165, 1.54) is 6.42 Å². The van der Waals surface area contributed by atoms with Gasteiger partial charge in [-0.25, -0.2) is 0 Å². The maximum absolute atomic E-state index is 5.41. The zero-order valence-electron chi connectivity index (χ0n) is 11.3. The fourth-order valence-corrected chi connectivity index (χ4v) is 1.41. The lowest BCUT2D eigenvalue weighted by Crippen LogP contribution is -2.41. The Balaban J connectivity index is 3.26. The summed E-state index contributed by atoms with van der Waals surface area (Å²) in [6.07, 6.45) is 2.33. The summed E-state index contributed by atoms with van der Waals surface area (Å²) in [5, 5.41) is 6.37. The van der Waals surface area contributed by atoms with Gasteiger partial charge in [0.1, 0.15) is 0 Å². The molecule has 0 aromatic rings. The Bertz CT molecular complexity index is 146. The lowest BCUT2D eigenvalue weighted by atomic mass is 10.4. The molecule has 0 saturated heterocycles. The van der Waals surface area contributed by atoms with Gasteiger partial charge in [0, 0.05) is 13.3 Å². The highest BCUT2D eigenvalue weighted by atomic mass is 16.5. The van der Waals surface area contributed by atoms with Gasteiger partial charge in [-0.2, -0.15) is 0 Å². The molecule has 0 saturated carbocycles. The van der Waals surface area contributed by atoms with Gasteiger partial charge in [0.25, 0.3) is 0 Å². The quantitative estimate of drug-likeness (QED) is 0.396. The molecule has 0 bridgehead atoms. The van der Waals surface area contributed by atoms with Gasteiger partial charge in [-0.05, 0) is 27.6 Å². The summed E-state index contributed by atoms with van der Waals surface area (Å²) in [6, 6.07) is 0. The molecule has 0 aromatic carbocycles. The van der Waals surface area contributed by atoms with E-state index in [0.717, 1.165) is 33.0 Å². The number of unbranched alkanes of at least 4 members (excludes halogenated alkanes) is 1. The van der Waals surface area contributed by atoms with Gasteiger partial charge in [0.2, 0.25) is 0 Å². The Morgan fingerprint density at radius 1 is 1.12 bits per heavy atom. The second-order valence-corrected chi connectivity index (χ2v) is 4.18. The van der Waals surface area contributed by atoms with E-state index in [2.05, 4.69) is 41.5 Å². The minimum Gasteiger partial charge on any atom is -0.366 e. The number of ether oxygens (including phenoxy) is 1. The molecule has 0 aromatic heterocycles. The molecule has 0 aliphatic carbocycles. The Hall–Kier alpha value is -0.200. The summed E-state index contributed by atoms with van der Waals surface area (Å²) in [5.41, 5.74) is 0. The van der Waals surface area contributed by atoms with Crippen molar-refractivity contribution in [2.45, 2.75) is 19.8 Å². The average Bonchev–Trinajstić information content (AvgIpc) is 2.23. The van der Waals surface area contributed by atoms with Crippen LogP contribution in [0.2, 0.25) is 0 Å². The van der Waals surface area contributed by atoms with E-state index in [-0.39, 0.29) is 0 Å². The van der Waals surface area contributed by atoms with Crippen LogP contribution in [0.15, 0.2) is 0 Å². The average molecular weight is 232 g/mol. The van der Waals surface area contributed by atoms with Crippen LogP contribution in [0.3, 0.4) is 0 Å². The van der Waals surface area contributed by atoms with Crippen LogP contribution in [0.1, 0.15) is 19.8 Å². The molecule has 0 aliphatic rings. The first-order chi connectivity index (χ1) is 7.70. The third kappa shape index (κ3) is 10.3. The topological polar surface area (TPSA) is 39.8 Å². The van der Waals surface area contributed by atoms with E-state index >= 15 is 0 Å². The van der Waals surface area contributed by atoms with Gasteiger partial charge in [-0.3, -0.25) is 15.1 Å². The number of nitrogens with zero attached hydrogens (tertiary/aromatic N) is 2. The summed E-state index contributed by atoms with van der Waals surface area (Å²) in [7, 11) is 6.13. The normalized spacial score (nSPS) is 11.6. The van der Waals surface area contributed by atoms with Crippen molar-refractivity contribution >= 4 is 0 Å². The highest BCUT2D eigenvalue weighted by Crippen LogP contribution is 1.87. The van der Waals surface area contributed by atoms with Gasteiger partial charge < -0.3 is 10.1 Å². The molecule has 0 heterocycles. The second-order valence-electron chi connectivity index (χ2n) is 4.18. The number of hydrogen-bond donors (Lipinski definition) is 2. The molecule has 2 N–H and O–H groups in total. The van der Waals surface area contributed by atoms with Gasteiger partial charge in [-0.15, -0.1) is 0 Å². The molecule has 0 rings (SSSR count). The molecular weight excluding hydrogens is 204 g/mol. The van der Waals surface area contributed by atoms with Gasteiger partial charge in [0.15, 0.2) is 0 Å². The smallest absolute Gasteiger partial charge is 0.0975 e. The standard InChI is InChI=1S/C11H28N4O/c1-5-6-7-16-10-13-9-15(4)11-14(3)8-12-2/h12-13H,5-11H2,1-4H3. The Kier molecular flexibility index (Phi) is 11.1. The monoisotopic (exact) mass is 232 g/mol. The lowest BCUT2D eigenvalue weighted by molar-refractivity contribution is 0.0910. The summed E-state index contributed by atoms with van der Waals surface area (Å²) >= 11 is 0. The molecular formula is C11H28N4O. The van der Waals surface area contributed by atoms with Crippen LogP contribution in [0.5, 0.6) is 0 Å². The van der Waals surface area contributed by atoms with Crippen molar-refractivity contribution in [3.63, 3.8) is 0 Å². The zero-order chi connectivity index (χ0) is 12.2. The van der Waals surface area contributed by atoms with Crippen LogP contribution in [0.25, 0.3) is 0 Å². The van der Waals surface area contributed by atoms with Crippen LogP contribution < -0.4 is 10.6 Å². The first kappa shape index (κ1) is 15.8. The minimum atomic E-state index is 0.639. The van der Waals surface area contributed by atoms with Crippen molar-refractivity contribution in [1.29, 1.82) is 0 Å². The van der Waals surface area contributed by atoms with Crippen LogP contribution in [-0.2, 0) is 4.74 Å². The van der Waals surface area contributed by atoms with Gasteiger partial charge >= 0.3 is 0 Å². The molecule has 5 nitrogen and oxygen atoms in total. The van der Waals surface area contributed by atoms with E-state index < -0.39 is 0 Å². The highest BCUT2D eigenvalue weighted by molar-refractivity contribution is 4.49. The fraction of sp³-hybridized carbons (Fsp3) is 1.00. The molecule has 0 spiro atoms. The van der Waals surface area contributed by atoms with E-state index in [9.17, 15) is 0 Å². The lowest BCUT2D eigenvalue weighted by Gasteiger charge is -2.24. The highest BCUT2D eigenvalue weighted by Gasteiger charge is 2.01. The third-order valence-corrected chi connectivity index (χ3v) is 2.14. The molecule has 16 heavy (non-hydrogen) atoms. The van der Waals surface area contributed by atoms with Gasteiger partial charge in [0.05, 0.1) is 20.1 Å². The number of rotatable bonds is 11. The molecule has 5 heteroatoms. The predicted molar refractivity (Wildman–Crippen MR) is 68.0 cm³/mol. The zero-order valence-corrected chi connectivity index (χ0v) is 11.3. The fourth-order valence-electron chi connectivity index (χ4n) is 1.41. The molecule has 0 radical (unpaired) electrons. The van der Waals surface area contributed by atoms with E-state index in [1.807, 2.05) is 7.05 Å². The van der Waals surface area contributed by atoms with Crippen molar-refractivity contribution in [1.82, 2.24) is 20.4 Å². The molecule has 0 amide bonds. The maximum atomic E-state index is 5.41. The van der Waals surface area contributed by atoms with Crippen molar-refractivity contribution < 1.29 is 4.74 Å². The minimum absolute atomic E-state index is 0.639. The number of hydrogen-bond acceptors (Lipinski definition) is 5. The van der Waals surface area contributed by atoms with Crippen molar-refractivity contribution in [3.05, 3.63) is 0 Å². The van der Waals surface area contributed by atoms with Crippen LogP contribution >= 0.6 is 0 Å². The van der Waals surface area contributed by atoms with E-state index in [4.69, 9.17) is 4.74 Å². The Morgan fingerprint density at radius 2 is 1.81 bits per heavy atom. The summed E-state index contributed by atoms with van der Waals surface area (Å²) in [5.74, 6) is 0. The van der Waals surface area contributed by atoms with Crippen molar-refractivity contribution in [2.24, 2.45) is 0 Å². The largest absolute Gasteiger partial charge is 0.366 e. The van der Waals surface area contributed by atoms with Crippen molar-refractivity contribution in [3.8, 4) is 0 Å². The van der Waals surface area contributed by atoms with E-state index in [0.29, 0.717) is 6.73 Å². The number of nitrogens with one attached hydrogen (secondary N) is 2. The molecule has 0 atom stereocenters. The maximum Gasteiger partial charge on any atom is 0.0975 e. The Labute approximate surface area is 100 Å². The molecule has 0 fully saturated rings. The first-order valence-electron chi connectivity index (χ1n) is 6.00. The van der Waals surface area contributed by atoms with Crippen molar-refractivity contribution in [2.75, 3.05) is 54.5 Å². The van der Waals surface area contributed by atoms with E-state index in [1.54, 1.807) is 0 Å². The second kappa shape index (κ2) is 11.3. The van der Waals surface area contributed by atoms with Gasteiger partial charge in [-0.1, -0.05) is 13.3 Å². The molecule has 0 unspecified atom stereocenters. The van der Waals surface area contributed by atoms with Crippen LogP contribution in [0.4, 0.5) is 0 Å². The predicted octanol–water partition coefficient (Wildman–Crippen LogP) is 0.306. The summed E-state index contributed by atoms with van der Waals surface area (Å²) in [4.78, 5) is 4.42. The SMILES string of the molecule is CCCCOCNCN(C)CN(C)CNC. The summed E-state index contributed by atoms with van der Waals surface area (Å²) < 4.78 is 5.41.